The molecule has 1 N–H and O–H groups in total. The summed E-state index contributed by atoms with van der Waals surface area (Å²) in [6.07, 6.45) is 4.00. The van der Waals surface area contributed by atoms with Gasteiger partial charge in [0.2, 0.25) is 0 Å². The van der Waals surface area contributed by atoms with Crippen molar-refractivity contribution in [2.24, 2.45) is 0 Å². The molecule has 0 radical (unpaired) electrons. The molecule has 4 nitrogen and oxygen atoms in total. The van der Waals surface area contributed by atoms with Gasteiger partial charge in [0, 0.05) is 24.7 Å². The zero-order valence-corrected chi connectivity index (χ0v) is 12.7. The van der Waals surface area contributed by atoms with Crippen molar-refractivity contribution in [1.29, 1.82) is 0 Å². The van der Waals surface area contributed by atoms with E-state index in [2.05, 4.69) is 15.2 Å². The van der Waals surface area contributed by atoms with Gasteiger partial charge < -0.3 is 0 Å². The van der Waals surface area contributed by atoms with Crippen LogP contribution in [0, 0.1) is 0 Å². The molecule has 0 aliphatic carbocycles. The first kappa shape index (κ1) is 15.7. The summed E-state index contributed by atoms with van der Waals surface area (Å²) in [6, 6.07) is 7.93. The molecule has 0 saturated heterocycles. The number of benzene rings is 1. The minimum Gasteiger partial charge on any atom is -0.299 e. The summed E-state index contributed by atoms with van der Waals surface area (Å²) in [6.45, 7) is 3.09. The van der Waals surface area contributed by atoms with Crippen molar-refractivity contribution in [3.8, 4) is 0 Å². The lowest BCUT2D eigenvalue weighted by molar-refractivity contribution is 0.248. The topological polar surface area (TPSA) is 49.8 Å². The monoisotopic (exact) mass is 315 g/mol. The van der Waals surface area contributed by atoms with E-state index in [4.69, 9.17) is 16.2 Å². The zero-order valence-electron chi connectivity index (χ0n) is 11.1. The van der Waals surface area contributed by atoms with Crippen LogP contribution in [0.5, 0.6) is 0 Å². The Hall–Kier alpha value is -0.720. The summed E-state index contributed by atoms with van der Waals surface area (Å²) in [5, 5.41) is 0.757. The van der Waals surface area contributed by atoms with Gasteiger partial charge in [-0.05, 0) is 36.1 Å². The average Bonchev–Trinajstić information content (AvgIpc) is 2.45. The van der Waals surface area contributed by atoms with Crippen LogP contribution in [-0.4, -0.2) is 39.9 Å². The van der Waals surface area contributed by atoms with Crippen molar-refractivity contribution < 1.29 is 12.9 Å². The van der Waals surface area contributed by atoms with Crippen LogP contribution in [0.2, 0.25) is 5.02 Å². The number of halogens is 1. The molecule has 0 amide bonds. The molecule has 0 aromatic heterocycles. The van der Waals surface area contributed by atoms with Gasteiger partial charge in [-0.1, -0.05) is 29.8 Å². The number of nitrogens with zero attached hydrogens (tertiary/aromatic N) is 1. The SMILES string of the molecule is O=S(O)OCCCN1CC=C(c2ccc(Cl)cc2)CC1. The Morgan fingerprint density at radius 1 is 1.35 bits per heavy atom. The molecule has 0 fully saturated rings. The quantitative estimate of drug-likeness (QED) is 0.647. The third kappa shape index (κ3) is 5.00. The standard InChI is InChI=1S/C14H18ClNO3S/c15-14-4-2-12(3-5-14)13-6-9-16(10-7-13)8-1-11-19-20(17)18/h2-6H,1,7-11H2,(H,17,18). The van der Waals surface area contributed by atoms with E-state index in [9.17, 15) is 4.21 Å². The maximum Gasteiger partial charge on any atom is 0.301 e. The molecule has 1 heterocycles. The van der Waals surface area contributed by atoms with Crippen LogP contribution in [0.15, 0.2) is 30.3 Å². The fraction of sp³-hybridized carbons (Fsp3) is 0.429. The molecule has 0 bridgehead atoms. The highest BCUT2D eigenvalue weighted by Crippen LogP contribution is 2.23. The van der Waals surface area contributed by atoms with E-state index in [-0.39, 0.29) is 0 Å². The fourth-order valence-corrected chi connectivity index (χ4v) is 2.65. The van der Waals surface area contributed by atoms with Crippen molar-refractivity contribution >= 4 is 28.5 Å². The Labute approximate surface area is 126 Å². The maximum atomic E-state index is 10.3. The van der Waals surface area contributed by atoms with Crippen LogP contribution in [0.1, 0.15) is 18.4 Å². The van der Waals surface area contributed by atoms with E-state index in [1.807, 2.05) is 24.3 Å². The van der Waals surface area contributed by atoms with Crippen molar-refractivity contribution in [3.63, 3.8) is 0 Å². The third-order valence-electron chi connectivity index (χ3n) is 3.31. The van der Waals surface area contributed by atoms with Gasteiger partial charge in [0.1, 0.15) is 0 Å². The second-order valence-electron chi connectivity index (χ2n) is 4.68. The lowest BCUT2D eigenvalue weighted by atomic mass is 9.99. The van der Waals surface area contributed by atoms with Gasteiger partial charge in [-0.15, -0.1) is 0 Å². The van der Waals surface area contributed by atoms with Gasteiger partial charge in [-0.3, -0.25) is 13.6 Å². The summed E-state index contributed by atoms with van der Waals surface area (Å²) >= 11 is 3.74. The van der Waals surface area contributed by atoms with E-state index >= 15 is 0 Å². The van der Waals surface area contributed by atoms with Crippen LogP contribution in [0.25, 0.3) is 5.57 Å². The van der Waals surface area contributed by atoms with E-state index in [0.717, 1.165) is 37.5 Å². The van der Waals surface area contributed by atoms with Gasteiger partial charge in [-0.25, -0.2) is 0 Å². The van der Waals surface area contributed by atoms with Gasteiger partial charge >= 0.3 is 11.4 Å². The highest BCUT2D eigenvalue weighted by atomic mass is 35.5. The molecular formula is C14H18ClNO3S. The Bertz CT molecular complexity index is 490. The van der Waals surface area contributed by atoms with E-state index in [1.165, 1.54) is 11.1 Å². The number of hydrogen-bond donors (Lipinski definition) is 1. The van der Waals surface area contributed by atoms with Crippen LogP contribution < -0.4 is 0 Å². The number of rotatable bonds is 6. The maximum absolute atomic E-state index is 10.3. The second-order valence-corrected chi connectivity index (χ2v) is 5.79. The van der Waals surface area contributed by atoms with Crippen LogP contribution >= 0.6 is 11.6 Å². The first-order chi connectivity index (χ1) is 9.65. The summed E-state index contributed by atoms with van der Waals surface area (Å²) in [7, 11) is 0. The van der Waals surface area contributed by atoms with Crippen molar-refractivity contribution in [2.75, 3.05) is 26.2 Å². The first-order valence-corrected chi connectivity index (χ1v) is 7.97. The Balaban J connectivity index is 1.78. The van der Waals surface area contributed by atoms with E-state index < -0.39 is 11.4 Å². The molecule has 1 aromatic rings. The highest BCUT2D eigenvalue weighted by molar-refractivity contribution is 7.74. The summed E-state index contributed by atoms with van der Waals surface area (Å²) < 4.78 is 23.4. The molecular weight excluding hydrogens is 298 g/mol. The second kappa shape index (κ2) is 7.90. The Kier molecular flexibility index (Phi) is 6.19. The molecule has 110 valence electrons. The predicted octanol–water partition coefficient (Wildman–Crippen LogP) is 2.97. The van der Waals surface area contributed by atoms with E-state index in [0.29, 0.717) is 6.61 Å². The molecule has 1 aromatic carbocycles. The molecule has 2 rings (SSSR count). The fourth-order valence-electron chi connectivity index (χ4n) is 2.26. The van der Waals surface area contributed by atoms with Gasteiger partial charge in [0.15, 0.2) is 0 Å². The van der Waals surface area contributed by atoms with Gasteiger partial charge in [-0.2, -0.15) is 4.21 Å². The largest absolute Gasteiger partial charge is 0.301 e. The summed E-state index contributed by atoms with van der Waals surface area (Å²) in [4.78, 5) is 2.31. The van der Waals surface area contributed by atoms with Crippen LogP contribution in [0.3, 0.4) is 0 Å². The summed E-state index contributed by atoms with van der Waals surface area (Å²) in [5.41, 5.74) is 2.58. The lowest BCUT2D eigenvalue weighted by Gasteiger charge is -2.26. The highest BCUT2D eigenvalue weighted by Gasteiger charge is 2.12. The third-order valence-corrected chi connectivity index (χ3v) is 3.93. The molecule has 1 aliphatic rings. The average molecular weight is 316 g/mol. The van der Waals surface area contributed by atoms with Crippen molar-refractivity contribution in [3.05, 3.63) is 40.9 Å². The van der Waals surface area contributed by atoms with Crippen molar-refractivity contribution in [2.45, 2.75) is 12.8 Å². The summed E-state index contributed by atoms with van der Waals surface area (Å²) in [5.74, 6) is 0. The molecule has 1 aliphatic heterocycles. The first-order valence-electron chi connectivity index (χ1n) is 6.56. The lowest BCUT2D eigenvalue weighted by Crippen LogP contribution is -2.30. The van der Waals surface area contributed by atoms with Gasteiger partial charge in [0.25, 0.3) is 0 Å². The van der Waals surface area contributed by atoms with Crippen molar-refractivity contribution in [1.82, 2.24) is 4.90 Å². The predicted molar refractivity (Wildman–Crippen MR) is 81.8 cm³/mol. The normalized spacial score (nSPS) is 17.8. The molecule has 1 unspecified atom stereocenters. The minimum atomic E-state index is -2.15. The Morgan fingerprint density at radius 2 is 2.10 bits per heavy atom. The van der Waals surface area contributed by atoms with Crippen LogP contribution in [0.4, 0.5) is 0 Å². The van der Waals surface area contributed by atoms with Crippen LogP contribution in [-0.2, 0) is 15.5 Å². The van der Waals surface area contributed by atoms with E-state index in [1.54, 1.807) is 0 Å². The molecule has 20 heavy (non-hydrogen) atoms. The van der Waals surface area contributed by atoms with Gasteiger partial charge in [0.05, 0.1) is 6.61 Å². The zero-order chi connectivity index (χ0) is 14.4. The molecule has 6 heteroatoms. The molecule has 0 saturated carbocycles. The minimum absolute atomic E-state index is 0.313. The smallest absolute Gasteiger partial charge is 0.299 e. The number of hydrogen-bond acceptors (Lipinski definition) is 3. The molecule has 1 atom stereocenters. The molecule has 0 spiro atoms. The Morgan fingerprint density at radius 3 is 2.70 bits per heavy atom.